The van der Waals surface area contributed by atoms with Gasteiger partial charge < -0.3 is 10.2 Å². The van der Waals surface area contributed by atoms with E-state index in [2.05, 4.69) is 19.2 Å². The van der Waals surface area contributed by atoms with Gasteiger partial charge in [0.25, 0.3) is 5.91 Å². The summed E-state index contributed by atoms with van der Waals surface area (Å²) in [5.74, 6) is 0.214. The van der Waals surface area contributed by atoms with Crippen molar-refractivity contribution in [2.45, 2.75) is 26.0 Å². The third kappa shape index (κ3) is 4.00. The largest absolute Gasteiger partial charge is 0.337 e. The Morgan fingerprint density at radius 1 is 1.41 bits per heavy atom. The maximum absolute atomic E-state index is 14.0. The summed E-state index contributed by atoms with van der Waals surface area (Å²) in [6.07, 6.45) is 0. The van der Waals surface area contributed by atoms with Gasteiger partial charge in [0.2, 0.25) is 5.91 Å². The zero-order valence-corrected chi connectivity index (χ0v) is 13.9. The van der Waals surface area contributed by atoms with Gasteiger partial charge in [0.05, 0.1) is 5.56 Å². The molecule has 1 saturated heterocycles. The normalized spacial score (nSPS) is 18.4. The van der Waals surface area contributed by atoms with Gasteiger partial charge in [-0.1, -0.05) is 13.8 Å². The monoisotopic (exact) mass is 324 g/mol. The number of anilines is 1. The van der Waals surface area contributed by atoms with Gasteiger partial charge in [-0.25, -0.2) is 4.39 Å². The molecular formula is C16H21FN2O2S. The first kappa shape index (κ1) is 16.8. The molecule has 1 aromatic carbocycles. The number of nitrogens with zero attached hydrogens (tertiary/aromatic N) is 1. The van der Waals surface area contributed by atoms with Crippen molar-refractivity contribution in [1.82, 2.24) is 4.90 Å². The van der Waals surface area contributed by atoms with E-state index in [1.54, 1.807) is 4.90 Å². The third-order valence-electron chi connectivity index (χ3n) is 3.64. The number of nitrogens with one attached hydrogen (secondary N) is 1. The summed E-state index contributed by atoms with van der Waals surface area (Å²) in [4.78, 5) is 25.4. The Hall–Kier alpha value is -1.56. The van der Waals surface area contributed by atoms with Gasteiger partial charge in [-0.15, -0.1) is 0 Å². The van der Waals surface area contributed by atoms with Crippen LogP contribution in [0, 0.1) is 11.7 Å². The molecule has 0 spiro atoms. The van der Waals surface area contributed by atoms with Crippen molar-refractivity contribution in [3.05, 3.63) is 29.6 Å². The molecule has 1 aromatic rings. The van der Waals surface area contributed by atoms with Crippen LogP contribution < -0.4 is 5.32 Å². The third-order valence-corrected chi connectivity index (χ3v) is 5.18. The minimum absolute atomic E-state index is 0.0145. The van der Waals surface area contributed by atoms with Gasteiger partial charge in [0, 0.05) is 36.7 Å². The van der Waals surface area contributed by atoms with Crippen LogP contribution in [0.4, 0.5) is 10.1 Å². The van der Waals surface area contributed by atoms with Crippen LogP contribution in [-0.2, 0) is 4.79 Å². The fourth-order valence-corrected chi connectivity index (χ4v) is 3.70. The molecule has 1 N–H and O–H groups in total. The fourth-order valence-electron chi connectivity index (χ4n) is 2.40. The second kappa shape index (κ2) is 7.13. The van der Waals surface area contributed by atoms with Crippen LogP contribution in [0.3, 0.4) is 0 Å². The minimum Gasteiger partial charge on any atom is -0.337 e. The number of carbonyl (C=O) groups is 2. The van der Waals surface area contributed by atoms with Gasteiger partial charge in [0.15, 0.2) is 0 Å². The number of rotatable bonds is 3. The molecule has 0 radical (unpaired) electrons. The van der Waals surface area contributed by atoms with Crippen molar-refractivity contribution in [1.29, 1.82) is 0 Å². The molecule has 0 bridgehead atoms. The summed E-state index contributed by atoms with van der Waals surface area (Å²) < 4.78 is 14.0. The zero-order valence-electron chi connectivity index (χ0n) is 13.1. The number of hydrogen-bond acceptors (Lipinski definition) is 3. The first-order chi connectivity index (χ1) is 10.4. The fraction of sp³-hybridized carbons (Fsp3) is 0.500. The second-order valence-corrected chi connectivity index (χ2v) is 7.13. The molecule has 1 fully saturated rings. The van der Waals surface area contributed by atoms with Gasteiger partial charge in [-0.3, -0.25) is 9.59 Å². The molecule has 1 heterocycles. The van der Waals surface area contributed by atoms with E-state index in [0.717, 1.165) is 5.75 Å². The maximum atomic E-state index is 14.0. The van der Waals surface area contributed by atoms with Crippen LogP contribution in [0.1, 0.15) is 31.1 Å². The van der Waals surface area contributed by atoms with Crippen molar-refractivity contribution >= 4 is 29.3 Å². The highest BCUT2D eigenvalue weighted by molar-refractivity contribution is 8.00. The van der Waals surface area contributed by atoms with Crippen molar-refractivity contribution in [2.75, 3.05) is 24.2 Å². The van der Waals surface area contributed by atoms with Crippen LogP contribution in [0.2, 0.25) is 0 Å². The average molecular weight is 324 g/mol. The lowest BCUT2D eigenvalue weighted by atomic mass is 10.1. The number of benzene rings is 1. The van der Waals surface area contributed by atoms with Gasteiger partial charge >= 0.3 is 0 Å². The van der Waals surface area contributed by atoms with Crippen molar-refractivity contribution in [3.63, 3.8) is 0 Å². The predicted octanol–water partition coefficient (Wildman–Crippen LogP) is 3.00. The Morgan fingerprint density at radius 2 is 2.14 bits per heavy atom. The maximum Gasteiger partial charge on any atom is 0.256 e. The lowest BCUT2D eigenvalue weighted by Gasteiger charge is -2.34. The number of amides is 2. The highest BCUT2D eigenvalue weighted by Gasteiger charge is 2.28. The summed E-state index contributed by atoms with van der Waals surface area (Å²) in [5, 5.41) is 2.95. The molecule has 0 saturated carbocycles. The predicted molar refractivity (Wildman–Crippen MR) is 87.7 cm³/mol. The van der Waals surface area contributed by atoms with Gasteiger partial charge in [-0.05, 0) is 24.1 Å². The Labute approximate surface area is 134 Å². The van der Waals surface area contributed by atoms with Crippen LogP contribution >= 0.6 is 11.8 Å². The minimum atomic E-state index is -0.557. The van der Waals surface area contributed by atoms with Crippen LogP contribution in [0.15, 0.2) is 18.2 Å². The average Bonchev–Trinajstić information content (AvgIpc) is 2.48. The lowest BCUT2D eigenvalue weighted by molar-refractivity contribution is -0.114. The van der Waals surface area contributed by atoms with E-state index >= 15 is 0 Å². The molecule has 2 rings (SSSR count). The first-order valence-electron chi connectivity index (χ1n) is 7.36. The van der Waals surface area contributed by atoms with E-state index < -0.39 is 5.82 Å². The smallest absolute Gasteiger partial charge is 0.256 e. The van der Waals surface area contributed by atoms with Crippen LogP contribution in [-0.4, -0.2) is 40.8 Å². The number of thioether (sulfide) groups is 1. The molecule has 0 aliphatic carbocycles. The summed E-state index contributed by atoms with van der Waals surface area (Å²) >= 11 is 1.86. The quantitative estimate of drug-likeness (QED) is 0.930. The number of hydrogen-bond donors (Lipinski definition) is 1. The van der Waals surface area contributed by atoms with E-state index in [9.17, 15) is 14.0 Å². The molecular weight excluding hydrogens is 303 g/mol. The summed E-state index contributed by atoms with van der Waals surface area (Å²) in [6, 6.07) is 4.08. The van der Waals surface area contributed by atoms with Crippen molar-refractivity contribution in [2.24, 2.45) is 5.92 Å². The van der Waals surface area contributed by atoms with Crippen LogP contribution in [0.25, 0.3) is 0 Å². The van der Waals surface area contributed by atoms with Crippen LogP contribution in [0.5, 0.6) is 0 Å². The van der Waals surface area contributed by atoms with Gasteiger partial charge in [-0.2, -0.15) is 11.8 Å². The van der Waals surface area contributed by atoms with E-state index in [1.165, 1.54) is 25.1 Å². The molecule has 0 aromatic heterocycles. The Bertz CT molecular complexity index is 577. The molecule has 120 valence electrons. The summed E-state index contributed by atoms with van der Waals surface area (Å²) in [6.45, 7) is 6.88. The molecule has 0 unspecified atom stereocenters. The second-order valence-electron chi connectivity index (χ2n) is 5.78. The summed E-state index contributed by atoms with van der Waals surface area (Å²) in [5.41, 5.74) is 0.449. The van der Waals surface area contributed by atoms with Crippen molar-refractivity contribution in [3.8, 4) is 0 Å². The molecule has 1 aliphatic heterocycles. The Balaban J connectivity index is 2.19. The standard InChI is InChI=1S/C16H21FN2O2S/c1-10(2)15-9-19(6-7-22-15)16(21)13-8-12(18-11(3)20)4-5-14(13)17/h4-5,8,10,15H,6-7,9H2,1-3H3,(H,18,20)/t15-/m0/s1. The zero-order chi connectivity index (χ0) is 16.3. The molecule has 22 heavy (non-hydrogen) atoms. The Kier molecular flexibility index (Phi) is 5.45. The number of carbonyl (C=O) groups excluding carboxylic acids is 2. The number of halogens is 1. The summed E-state index contributed by atoms with van der Waals surface area (Å²) in [7, 11) is 0. The molecule has 1 aliphatic rings. The first-order valence-corrected chi connectivity index (χ1v) is 8.41. The van der Waals surface area contributed by atoms with E-state index in [1.807, 2.05) is 11.8 Å². The molecule has 4 nitrogen and oxygen atoms in total. The van der Waals surface area contributed by atoms with E-state index in [0.29, 0.717) is 29.9 Å². The van der Waals surface area contributed by atoms with E-state index in [-0.39, 0.29) is 17.4 Å². The van der Waals surface area contributed by atoms with Gasteiger partial charge in [0.1, 0.15) is 5.82 Å². The SMILES string of the molecule is CC(=O)Nc1ccc(F)c(C(=O)N2CCS[C@H](C(C)C)C2)c1. The lowest BCUT2D eigenvalue weighted by Crippen LogP contribution is -2.43. The Morgan fingerprint density at radius 3 is 2.77 bits per heavy atom. The topological polar surface area (TPSA) is 49.4 Å². The highest BCUT2D eigenvalue weighted by atomic mass is 32.2. The molecule has 1 atom stereocenters. The highest BCUT2D eigenvalue weighted by Crippen LogP contribution is 2.26. The van der Waals surface area contributed by atoms with Crippen molar-refractivity contribution < 1.29 is 14.0 Å². The molecule has 2 amide bonds. The van der Waals surface area contributed by atoms with E-state index in [4.69, 9.17) is 0 Å². The molecule has 6 heteroatoms.